The average Bonchev–Trinajstić information content (AvgIpc) is 3.32. The molecule has 0 spiro atoms. The summed E-state index contributed by atoms with van der Waals surface area (Å²) in [5.41, 5.74) is 5.78. The minimum Gasteiger partial charge on any atom is -0.489 e. The van der Waals surface area contributed by atoms with E-state index >= 15 is 0 Å². The molecule has 0 aliphatic heterocycles. The van der Waals surface area contributed by atoms with Crippen molar-refractivity contribution in [3.05, 3.63) is 114 Å². The third kappa shape index (κ3) is 5.59. The maximum absolute atomic E-state index is 12.7. The van der Waals surface area contributed by atoms with Crippen LogP contribution in [0.5, 0.6) is 5.75 Å². The van der Waals surface area contributed by atoms with Gasteiger partial charge in [0, 0.05) is 16.8 Å². The Morgan fingerprint density at radius 3 is 2.56 bits per heavy atom. The summed E-state index contributed by atoms with van der Waals surface area (Å²) in [6.07, 6.45) is 0. The molecular formula is C29H23N3O3S. The third-order valence-electron chi connectivity index (χ3n) is 5.50. The van der Waals surface area contributed by atoms with Crippen LogP contribution in [0.15, 0.2) is 101 Å². The molecular weight excluding hydrogens is 470 g/mol. The highest BCUT2D eigenvalue weighted by atomic mass is 32.1. The van der Waals surface area contributed by atoms with Gasteiger partial charge in [0.2, 0.25) is 5.89 Å². The van der Waals surface area contributed by atoms with Crippen molar-refractivity contribution in [2.75, 3.05) is 5.32 Å². The lowest BCUT2D eigenvalue weighted by atomic mass is 10.2. The summed E-state index contributed by atoms with van der Waals surface area (Å²) in [5, 5.41) is 5.94. The van der Waals surface area contributed by atoms with Crippen LogP contribution in [0.3, 0.4) is 0 Å². The number of thiocarbonyl (C=S) groups is 1. The highest BCUT2D eigenvalue weighted by molar-refractivity contribution is 7.80. The Bertz CT molecular complexity index is 1530. The minimum atomic E-state index is -0.323. The van der Waals surface area contributed by atoms with Crippen LogP contribution in [0, 0.1) is 6.92 Å². The summed E-state index contributed by atoms with van der Waals surface area (Å²) in [5.74, 6) is 0.832. The van der Waals surface area contributed by atoms with Gasteiger partial charge in [-0.25, -0.2) is 4.98 Å². The Morgan fingerprint density at radius 2 is 1.75 bits per heavy atom. The summed E-state index contributed by atoms with van der Waals surface area (Å²) in [4.78, 5) is 17.3. The van der Waals surface area contributed by atoms with E-state index in [0.717, 1.165) is 33.5 Å². The van der Waals surface area contributed by atoms with E-state index in [-0.39, 0.29) is 11.0 Å². The standard InChI is InChI=1S/C29H23N3O3S/c1-19-10-15-26-25(16-19)31-28(35-26)21-11-13-23(14-12-21)30-29(36)32-27(33)22-8-5-9-24(17-22)34-18-20-6-3-2-4-7-20/h2-17H,18H2,1H3,(H2,30,32,33,36). The van der Waals surface area contributed by atoms with Crippen LogP contribution in [-0.4, -0.2) is 16.0 Å². The summed E-state index contributed by atoms with van der Waals surface area (Å²) in [6, 6.07) is 30.2. The van der Waals surface area contributed by atoms with Crippen LogP contribution in [0.1, 0.15) is 21.5 Å². The van der Waals surface area contributed by atoms with Crippen LogP contribution in [0.2, 0.25) is 0 Å². The Labute approximate surface area is 213 Å². The van der Waals surface area contributed by atoms with Gasteiger partial charge in [-0.3, -0.25) is 10.1 Å². The number of hydrogen-bond donors (Lipinski definition) is 2. The largest absolute Gasteiger partial charge is 0.489 e. The average molecular weight is 494 g/mol. The molecule has 1 aromatic heterocycles. The zero-order chi connectivity index (χ0) is 24.9. The summed E-state index contributed by atoms with van der Waals surface area (Å²) in [6.45, 7) is 2.44. The van der Waals surface area contributed by atoms with Crippen LogP contribution >= 0.6 is 12.2 Å². The van der Waals surface area contributed by atoms with E-state index in [4.69, 9.17) is 21.4 Å². The van der Waals surface area contributed by atoms with E-state index in [0.29, 0.717) is 23.8 Å². The van der Waals surface area contributed by atoms with Crippen molar-refractivity contribution < 1.29 is 13.9 Å². The number of rotatable bonds is 6. The number of aromatic nitrogens is 1. The topological polar surface area (TPSA) is 76.4 Å². The molecule has 36 heavy (non-hydrogen) atoms. The van der Waals surface area contributed by atoms with Crippen LogP contribution < -0.4 is 15.4 Å². The highest BCUT2D eigenvalue weighted by Crippen LogP contribution is 2.26. The maximum atomic E-state index is 12.7. The second-order valence-electron chi connectivity index (χ2n) is 8.28. The van der Waals surface area contributed by atoms with Gasteiger partial charge in [-0.15, -0.1) is 0 Å². The SMILES string of the molecule is Cc1ccc2oc(-c3ccc(NC(=S)NC(=O)c4cccc(OCc5ccccc5)c4)cc3)nc2c1. The quantitative estimate of drug-likeness (QED) is 0.263. The van der Waals surface area contributed by atoms with Crippen LogP contribution in [0.25, 0.3) is 22.6 Å². The number of carbonyl (C=O) groups is 1. The Kier molecular flexibility index (Phi) is 6.73. The maximum Gasteiger partial charge on any atom is 0.257 e. The van der Waals surface area contributed by atoms with Crippen molar-refractivity contribution in [2.45, 2.75) is 13.5 Å². The first-order valence-electron chi connectivity index (χ1n) is 11.4. The van der Waals surface area contributed by atoms with Crippen molar-refractivity contribution in [1.82, 2.24) is 10.3 Å². The van der Waals surface area contributed by atoms with E-state index < -0.39 is 0 Å². The molecule has 0 bridgehead atoms. The molecule has 0 aliphatic carbocycles. The normalized spacial score (nSPS) is 10.7. The molecule has 1 heterocycles. The van der Waals surface area contributed by atoms with Crippen LogP contribution in [-0.2, 0) is 6.61 Å². The van der Waals surface area contributed by atoms with Gasteiger partial charge in [0.15, 0.2) is 10.7 Å². The van der Waals surface area contributed by atoms with E-state index in [1.807, 2.05) is 85.8 Å². The molecule has 1 amide bonds. The minimum absolute atomic E-state index is 0.195. The molecule has 0 aliphatic rings. The third-order valence-corrected chi connectivity index (χ3v) is 5.71. The first-order chi connectivity index (χ1) is 17.5. The van der Waals surface area contributed by atoms with E-state index in [1.54, 1.807) is 18.2 Å². The molecule has 7 heteroatoms. The Hall–Kier alpha value is -4.49. The van der Waals surface area contributed by atoms with Gasteiger partial charge in [-0.05, 0) is 84.9 Å². The smallest absolute Gasteiger partial charge is 0.257 e. The molecule has 0 fully saturated rings. The number of fused-ring (bicyclic) bond motifs is 1. The predicted octanol–water partition coefficient (Wildman–Crippen LogP) is 6.51. The predicted molar refractivity (Wildman–Crippen MR) is 145 cm³/mol. The molecule has 0 radical (unpaired) electrons. The van der Waals surface area contributed by atoms with Crippen molar-refractivity contribution in [3.63, 3.8) is 0 Å². The van der Waals surface area contributed by atoms with E-state index in [2.05, 4.69) is 15.6 Å². The first kappa shape index (κ1) is 23.3. The number of nitrogens with zero attached hydrogens (tertiary/aromatic N) is 1. The highest BCUT2D eigenvalue weighted by Gasteiger charge is 2.11. The van der Waals surface area contributed by atoms with E-state index in [9.17, 15) is 4.79 Å². The fraction of sp³-hybridized carbons (Fsp3) is 0.0690. The number of anilines is 1. The molecule has 178 valence electrons. The van der Waals surface area contributed by atoms with Crippen molar-refractivity contribution >= 4 is 40.0 Å². The molecule has 0 unspecified atom stereocenters. The summed E-state index contributed by atoms with van der Waals surface area (Å²) >= 11 is 5.34. The number of aryl methyl sites for hydroxylation is 1. The lowest BCUT2D eigenvalue weighted by Gasteiger charge is -2.11. The lowest BCUT2D eigenvalue weighted by molar-refractivity contribution is 0.0977. The van der Waals surface area contributed by atoms with Gasteiger partial charge in [0.1, 0.15) is 17.9 Å². The number of ether oxygens (including phenoxy) is 1. The molecule has 2 N–H and O–H groups in total. The van der Waals surface area contributed by atoms with E-state index in [1.165, 1.54) is 0 Å². The van der Waals surface area contributed by atoms with Crippen molar-refractivity contribution in [1.29, 1.82) is 0 Å². The van der Waals surface area contributed by atoms with Gasteiger partial charge in [0.05, 0.1) is 0 Å². The van der Waals surface area contributed by atoms with Gasteiger partial charge in [-0.2, -0.15) is 0 Å². The fourth-order valence-corrected chi connectivity index (χ4v) is 3.87. The first-order valence-corrected chi connectivity index (χ1v) is 11.8. The van der Waals surface area contributed by atoms with Crippen molar-refractivity contribution in [2.24, 2.45) is 0 Å². The Balaban J connectivity index is 1.18. The van der Waals surface area contributed by atoms with Gasteiger partial charge < -0.3 is 14.5 Å². The molecule has 0 atom stereocenters. The van der Waals surface area contributed by atoms with Gasteiger partial charge in [0.25, 0.3) is 5.91 Å². The van der Waals surface area contributed by atoms with Crippen molar-refractivity contribution in [3.8, 4) is 17.2 Å². The zero-order valence-electron chi connectivity index (χ0n) is 19.5. The number of amides is 1. The second-order valence-corrected chi connectivity index (χ2v) is 8.69. The number of hydrogen-bond acceptors (Lipinski definition) is 5. The number of oxazole rings is 1. The zero-order valence-corrected chi connectivity index (χ0v) is 20.3. The molecule has 5 rings (SSSR count). The lowest BCUT2D eigenvalue weighted by Crippen LogP contribution is -2.34. The molecule has 6 nitrogen and oxygen atoms in total. The molecule has 5 aromatic rings. The Morgan fingerprint density at radius 1 is 0.944 bits per heavy atom. The molecule has 4 aromatic carbocycles. The monoisotopic (exact) mass is 493 g/mol. The van der Waals surface area contributed by atoms with Gasteiger partial charge >= 0.3 is 0 Å². The van der Waals surface area contributed by atoms with Gasteiger partial charge in [-0.1, -0.05) is 42.5 Å². The number of carbonyl (C=O) groups excluding carboxylic acids is 1. The fourth-order valence-electron chi connectivity index (χ4n) is 3.66. The summed E-state index contributed by atoms with van der Waals surface area (Å²) in [7, 11) is 0. The molecule has 0 saturated carbocycles. The number of benzene rings is 4. The second kappa shape index (κ2) is 10.4. The van der Waals surface area contributed by atoms with Crippen LogP contribution in [0.4, 0.5) is 5.69 Å². The molecule has 0 saturated heterocycles. The summed E-state index contributed by atoms with van der Waals surface area (Å²) < 4.78 is 11.7. The number of nitrogens with one attached hydrogen (secondary N) is 2.